The van der Waals surface area contributed by atoms with Crippen molar-refractivity contribution in [2.45, 2.75) is 52.4 Å². The zero-order valence-electron chi connectivity index (χ0n) is 11.8. The van der Waals surface area contributed by atoms with Gasteiger partial charge in [-0.25, -0.2) is 0 Å². The molecule has 0 spiro atoms. The second-order valence-electron chi connectivity index (χ2n) is 6.19. The Bertz CT molecular complexity index is 373. The van der Waals surface area contributed by atoms with Crippen LogP contribution in [-0.2, 0) is 9.47 Å². The second kappa shape index (κ2) is 4.80. The van der Waals surface area contributed by atoms with Gasteiger partial charge in [-0.3, -0.25) is 0 Å². The van der Waals surface area contributed by atoms with Gasteiger partial charge in [0.25, 0.3) is 0 Å². The first-order chi connectivity index (χ1) is 8.32. The molecule has 0 bridgehead atoms. The molecule has 102 valence electrons. The van der Waals surface area contributed by atoms with Gasteiger partial charge >= 0.3 is 0 Å². The lowest BCUT2D eigenvalue weighted by Gasteiger charge is -2.36. The topological polar surface area (TPSA) is 38.7 Å². The molecule has 1 N–H and O–H groups in total. The molecule has 0 radical (unpaired) electrons. The molecular weight excluding hydrogens is 228 g/mol. The van der Waals surface area contributed by atoms with Crippen molar-refractivity contribution in [3.05, 3.63) is 23.3 Å². The van der Waals surface area contributed by atoms with E-state index in [0.29, 0.717) is 13.2 Å². The number of hydrogen-bond donors (Lipinski definition) is 1. The maximum atomic E-state index is 9.86. The second-order valence-corrected chi connectivity index (χ2v) is 6.19. The molecule has 0 saturated carbocycles. The quantitative estimate of drug-likeness (QED) is 0.821. The Hall–Kier alpha value is -0.640. The van der Waals surface area contributed by atoms with E-state index in [1.54, 1.807) is 0 Å². The highest BCUT2D eigenvalue weighted by atomic mass is 16.7. The number of aliphatic hydroxyl groups excluding tert-OH is 1. The van der Waals surface area contributed by atoms with E-state index in [-0.39, 0.29) is 11.5 Å². The van der Waals surface area contributed by atoms with E-state index in [0.717, 1.165) is 12.8 Å². The van der Waals surface area contributed by atoms with Gasteiger partial charge in [-0.05, 0) is 43.8 Å². The lowest BCUT2D eigenvalue weighted by atomic mass is 9.71. The van der Waals surface area contributed by atoms with Gasteiger partial charge in [-0.1, -0.05) is 25.5 Å². The summed E-state index contributed by atoms with van der Waals surface area (Å²) in [5, 5.41) is 9.86. The SMILES string of the molecule is CC1=C(C=CC2(C)OCCO2)C(C)(C)C[C@H](O)C1. The molecule has 1 aliphatic heterocycles. The Morgan fingerprint density at radius 1 is 1.22 bits per heavy atom. The van der Waals surface area contributed by atoms with E-state index in [1.807, 2.05) is 13.0 Å². The zero-order chi connectivity index (χ0) is 13.4. The summed E-state index contributed by atoms with van der Waals surface area (Å²) < 4.78 is 11.2. The minimum atomic E-state index is -0.584. The third-order valence-corrected chi connectivity index (χ3v) is 3.89. The average molecular weight is 252 g/mol. The number of allylic oxidation sites excluding steroid dienone is 2. The molecule has 3 heteroatoms. The summed E-state index contributed by atoms with van der Waals surface area (Å²) in [6.07, 6.45) is 5.47. The van der Waals surface area contributed by atoms with Gasteiger partial charge in [0.15, 0.2) is 5.79 Å². The van der Waals surface area contributed by atoms with Crippen LogP contribution in [0.4, 0.5) is 0 Å². The van der Waals surface area contributed by atoms with Crippen molar-refractivity contribution in [2.24, 2.45) is 5.41 Å². The van der Waals surface area contributed by atoms with Crippen LogP contribution >= 0.6 is 0 Å². The molecule has 0 aromatic carbocycles. The van der Waals surface area contributed by atoms with Crippen LogP contribution < -0.4 is 0 Å². The van der Waals surface area contributed by atoms with Gasteiger partial charge in [-0.15, -0.1) is 0 Å². The van der Waals surface area contributed by atoms with E-state index >= 15 is 0 Å². The molecule has 18 heavy (non-hydrogen) atoms. The van der Waals surface area contributed by atoms with Crippen LogP contribution in [0.25, 0.3) is 0 Å². The van der Waals surface area contributed by atoms with E-state index in [4.69, 9.17) is 9.47 Å². The first-order valence-corrected chi connectivity index (χ1v) is 6.68. The molecule has 3 nitrogen and oxygen atoms in total. The molecule has 1 aliphatic carbocycles. The molecule has 1 heterocycles. The highest BCUT2D eigenvalue weighted by Gasteiger charge is 2.33. The van der Waals surface area contributed by atoms with E-state index < -0.39 is 5.79 Å². The number of rotatable bonds is 2. The Labute approximate surface area is 109 Å². The third kappa shape index (κ3) is 2.85. The van der Waals surface area contributed by atoms with Crippen molar-refractivity contribution in [1.82, 2.24) is 0 Å². The summed E-state index contributed by atoms with van der Waals surface area (Å²) in [7, 11) is 0. The Kier molecular flexibility index (Phi) is 3.67. The molecule has 0 amide bonds. The maximum absolute atomic E-state index is 9.86. The smallest absolute Gasteiger partial charge is 0.185 e. The monoisotopic (exact) mass is 252 g/mol. The van der Waals surface area contributed by atoms with Crippen molar-refractivity contribution >= 4 is 0 Å². The molecule has 1 atom stereocenters. The van der Waals surface area contributed by atoms with Crippen LogP contribution in [0.5, 0.6) is 0 Å². The number of aliphatic hydroxyl groups is 1. The minimum absolute atomic E-state index is 0.00716. The molecular formula is C15H24O3. The summed E-state index contributed by atoms with van der Waals surface area (Å²) in [6.45, 7) is 9.70. The normalized spacial score (nSPS) is 31.3. The van der Waals surface area contributed by atoms with Crippen LogP contribution in [0.15, 0.2) is 23.3 Å². The molecule has 1 fully saturated rings. The minimum Gasteiger partial charge on any atom is -0.393 e. The van der Waals surface area contributed by atoms with Gasteiger partial charge in [0, 0.05) is 0 Å². The summed E-state index contributed by atoms with van der Waals surface area (Å²) >= 11 is 0. The van der Waals surface area contributed by atoms with Crippen LogP contribution in [-0.4, -0.2) is 30.2 Å². The lowest BCUT2D eigenvalue weighted by Crippen LogP contribution is -2.29. The first-order valence-electron chi connectivity index (χ1n) is 6.68. The lowest BCUT2D eigenvalue weighted by molar-refractivity contribution is -0.0997. The number of hydrogen-bond acceptors (Lipinski definition) is 3. The van der Waals surface area contributed by atoms with Crippen LogP contribution in [0, 0.1) is 5.41 Å². The Balaban J connectivity index is 2.21. The van der Waals surface area contributed by atoms with Gasteiger partial charge in [0.1, 0.15) is 0 Å². The standard InChI is InChI=1S/C15H24O3/c1-11-9-12(16)10-14(2,3)13(11)5-6-15(4)17-7-8-18-15/h5-6,12,16H,7-10H2,1-4H3/t12-/m1/s1. The number of ether oxygens (including phenoxy) is 2. The zero-order valence-corrected chi connectivity index (χ0v) is 11.8. The van der Waals surface area contributed by atoms with Gasteiger partial charge in [0.05, 0.1) is 19.3 Å². The predicted molar refractivity (Wildman–Crippen MR) is 71.2 cm³/mol. The highest BCUT2D eigenvalue weighted by Crippen LogP contribution is 2.41. The summed E-state index contributed by atoms with van der Waals surface area (Å²) in [5.41, 5.74) is 2.57. The summed E-state index contributed by atoms with van der Waals surface area (Å²) in [5.74, 6) is -0.584. The van der Waals surface area contributed by atoms with Crippen molar-refractivity contribution < 1.29 is 14.6 Å². The van der Waals surface area contributed by atoms with Crippen LogP contribution in [0.3, 0.4) is 0 Å². The van der Waals surface area contributed by atoms with Crippen LogP contribution in [0.2, 0.25) is 0 Å². The van der Waals surface area contributed by atoms with E-state index in [2.05, 4.69) is 26.8 Å². The van der Waals surface area contributed by atoms with Crippen molar-refractivity contribution in [3.63, 3.8) is 0 Å². The Morgan fingerprint density at radius 2 is 1.83 bits per heavy atom. The van der Waals surface area contributed by atoms with Crippen molar-refractivity contribution in [2.75, 3.05) is 13.2 Å². The Morgan fingerprint density at radius 3 is 2.39 bits per heavy atom. The maximum Gasteiger partial charge on any atom is 0.185 e. The fraction of sp³-hybridized carbons (Fsp3) is 0.733. The van der Waals surface area contributed by atoms with E-state index in [9.17, 15) is 5.11 Å². The largest absolute Gasteiger partial charge is 0.393 e. The van der Waals surface area contributed by atoms with E-state index in [1.165, 1.54) is 11.1 Å². The van der Waals surface area contributed by atoms with Crippen molar-refractivity contribution in [3.8, 4) is 0 Å². The highest BCUT2D eigenvalue weighted by molar-refractivity contribution is 5.34. The van der Waals surface area contributed by atoms with Gasteiger partial charge in [0.2, 0.25) is 0 Å². The summed E-state index contributed by atoms with van der Waals surface area (Å²) in [6, 6.07) is 0. The van der Waals surface area contributed by atoms with Gasteiger partial charge in [-0.2, -0.15) is 0 Å². The molecule has 2 aliphatic rings. The fourth-order valence-electron chi connectivity index (χ4n) is 3.04. The fourth-order valence-corrected chi connectivity index (χ4v) is 3.04. The van der Waals surface area contributed by atoms with Crippen molar-refractivity contribution in [1.29, 1.82) is 0 Å². The average Bonchev–Trinajstić information content (AvgIpc) is 2.62. The third-order valence-electron chi connectivity index (χ3n) is 3.89. The predicted octanol–water partition coefficient (Wildman–Crippen LogP) is 2.80. The van der Waals surface area contributed by atoms with Gasteiger partial charge < -0.3 is 14.6 Å². The summed E-state index contributed by atoms with van der Waals surface area (Å²) in [4.78, 5) is 0. The molecule has 0 unspecified atom stereocenters. The molecule has 2 rings (SSSR count). The molecule has 0 aromatic rings. The molecule has 0 aromatic heterocycles. The molecule has 1 saturated heterocycles. The van der Waals surface area contributed by atoms with Crippen LogP contribution in [0.1, 0.15) is 40.5 Å². The first kappa shape index (κ1) is 13.8.